The molecule has 8 nitrogen and oxygen atoms in total. The molecule has 3 aromatic carbocycles. The third kappa shape index (κ3) is 5.44. The number of pyridine rings is 1. The Kier molecular flexibility index (Phi) is 7.64. The first-order chi connectivity index (χ1) is 17.2. The van der Waals surface area contributed by atoms with E-state index >= 15 is 0 Å². The number of aromatic nitrogens is 1. The zero-order chi connectivity index (χ0) is 24.6. The molecule has 35 heavy (non-hydrogen) atoms. The zero-order valence-electron chi connectivity index (χ0n) is 19.6. The van der Waals surface area contributed by atoms with E-state index in [1.54, 1.807) is 26.5 Å². The number of methoxy groups -OCH3 is 2. The summed E-state index contributed by atoms with van der Waals surface area (Å²) in [4.78, 5) is 4.49. The molecule has 0 radical (unpaired) electrons. The summed E-state index contributed by atoms with van der Waals surface area (Å²) >= 11 is 0. The summed E-state index contributed by atoms with van der Waals surface area (Å²) in [6.45, 7) is 0.416. The highest BCUT2D eigenvalue weighted by Gasteiger charge is 2.14. The predicted molar refractivity (Wildman–Crippen MR) is 136 cm³/mol. The predicted octanol–water partition coefficient (Wildman–Crippen LogP) is 5.55. The highest BCUT2D eigenvalue weighted by Crippen LogP contribution is 2.37. The SMILES string of the molecule is COc1cc2c(Nc3ccc(Oc4ccccc4OC)cc3)c(C=N)cnc2cc1OCCCO. The first-order valence-electron chi connectivity index (χ1n) is 11.1. The molecule has 0 aliphatic heterocycles. The second-order valence-corrected chi connectivity index (χ2v) is 7.58. The minimum absolute atomic E-state index is 0.0492. The molecule has 0 spiro atoms. The van der Waals surface area contributed by atoms with E-state index in [-0.39, 0.29) is 6.61 Å². The van der Waals surface area contributed by atoms with Crippen LogP contribution in [-0.2, 0) is 0 Å². The van der Waals surface area contributed by atoms with Gasteiger partial charge in [0.2, 0.25) is 0 Å². The number of ether oxygens (including phenoxy) is 4. The van der Waals surface area contributed by atoms with Gasteiger partial charge in [-0.2, -0.15) is 0 Å². The van der Waals surface area contributed by atoms with Crippen LogP contribution in [0.5, 0.6) is 28.7 Å². The lowest BCUT2D eigenvalue weighted by Gasteiger charge is -2.16. The van der Waals surface area contributed by atoms with Crippen LogP contribution < -0.4 is 24.3 Å². The third-order valence-electron chi connectivity index (χ3n) is 5.32. The van der Waals surface area contributed by atoms with Crippen molar-refractivity contribution in [2.45, 2.75) is 6.42 Å². The lowest BCUT2D eigenvalue weighted by atomic mass is 10.1. The van der Waals surface area contributed by atoms with Crippen LogP contribution in [0, 0.1) is 5.41 Å². The maximum Gasteiger partial charge on any atom is 0.169 e. The van der Waals surface area contributed by atoms with E-state index in [4.69, 9.17) is 29.5 Å². The maximum atomic E-state index is 9.02. The number of nitrogens with zero attached hydrogens (tertiary/aromatic N) is 1. The van der Waals surface area contributed by atoms with E-state index in [0.29, 0.717) is 52.9 Å². The Labute approximate surface area is 203 Å². The first kappa shape index (κ1) is 23.8. The number of hydrogen-bond donors (Lipinski definition) is 3. The lowest BCUT2D eigenvalue weighted by Crippen LogP contribution is -2.03. The number of fused-ring (bicyclic) bond motifs is 1. The van der Waals surface area contributed by atoms with Crippen molar-refractivity contribution in [1.82, 2.24) is 4.98 Å². The van der Waals surface area contributed by atoms with Crippen molar-refractivity contribution in [3.63, 3.8) is 0 Å². The largest absolute Gasteiger partial charge is 0.493 e. The van der Waals surface area contributed by atoms with Crippen LogP contribution in [0.3, 0.4) is 0 Å². The second-order valence-electron chi connectivity index (χ2n) is 7.58. The summed E-state index contributed by atoms with van der Waals surface area (Å²) < 4.78 is 22.6. The van der Waals surface area contributed by atoms with E-state index in [2.05, 4.69) is 10.3 Å². The van der Waals surface area contributed by atoms with Crippen molar-refractivity contribution in [2.24, 2.45) is 0 Å². The minimum Gasteiger partial charge on any atom is -0.493 e. The summed E-state index contributed by atoms with van der Waals surface area (Å²) in [5.41, 5.74) is 2.86. The topological polar surface area (TPSA) is 106 Å². The standard InChI is InChI=1S/C27H27N3O5/c1-32-23-6-3-4-7-24(23)35-20-10-8-19(9-11-20)30-27-18(16-28)17-29-22-15-26(34-13-5-12-31)25(33-2)14-21(22)27/h3-4,6-11,14-17,28,31H,5,12-13H2,1-2H3,(H,29,30). The minimum atomic E-state index is 0.0492. The highest BCUT2D eigenvalue weighted by molar-refractivity contribution is 6.03. The van der Waals surface area contributed by atoms with Gasteiger partial charge in [-0.25, -0.2) is 0 Å². The molecule has 4 aromatic rings. The van der Waals surface area contributed by atoms with E-state index in [1.807, 2.05) is 54.6 Å². The smallest absolute Gasteiger partial charge is 0.169 e. The van der Waals surface area contributed by atoms with Gasteiger partial charge >= 0.3 is 0 Å². The van der Waals surface area contributed by atoms with Crippen molar-refractivity contribution in [3.8, 4) is 28.7 Å². The number of rotatable bonds is 11. The van der Waals surface area contributed by atoms with Gasteiger partial charge in [-0.15, -0.1) is 0 Å². The molecule has 0 unspecified atom stereocenters. The first-order valence-corrected chi connectivity index (χ1v) is 11.1. The van der Waals surface area contributed by atoms with Crippen LogP contribution in [0.4, 0.5) is 11.4 Å². The van der Waals surface area contributed by atoms with Gasteiger partial charge in [-0.3, -0.25) is 4.98 Å². The molecule has 4 rings (SSSR count). The molecule has 0 saturated heterocycles. The number of anilines is 2. The number of benzene rings is 3. The van der Waals surface area contributed by atoms with Gasteiger partial charge in [0.05, 0.1) is 32.0 Å². The van der Waals surface area contributed by atoms with Gasteiger partial charge in [0.1, 0.15) is 5.75 Å². The molecule has 0 bridgehead atoms. The van der Waals surface area contributed by atoms with Crippen LogP contribution in [0.15, 0.2) is 66.9 Å². The van der Waals surface area contributed by atoms with Gasteiger partial charge in [0, 0.05) is 48.1 Å². The molecule has 1 aromatic heterocycles. The van der Waals surface area contributed by atoms with Gasteiger partial charge in [0.25, 0.3) is 0 Å². The van der Waals surface area contributed by atoms with Crippen molar-refractivity contribution in [1.29, 1.82) is 5.41 Å². The molecular formula is C27H27N3O5. The summed E-state index contributed by atoms with van der Waals surface area (Å²) in [6.07, 6.45) is 3.41. The van der Waals surface area contributed by atoms with Crippen LogP contribution in [0.2, 0.25) is 0 Å². The van der Waals surface area contributed by atoms with Crippen molar-refractivity contribution in [3.05, 3.63) is 72.4 Å². The Hall–Kier alpha value is -4.30. The summed E-state index contributed by atoms with van der Waals surface area (Å²) in [6, 6.07) is 18.6. The summed E-state index contributed by atoms with van der Waals surface area (Å²) in [7, 11) is 3.18. The molecule has 180 valence electrons. The molecule has 8 heteroatoms. The fraction of sp³-hybridized carbons (Fsp3) is 0.185. The molecule has 3 N–H and O–H groups in total. The molecule has 0 saturated carbocycles. The molecule has 0 aliphatic carbocycles. The molecular weight excluding hydrogens is 446 g/mol. The maximum absolute atomic E-state index is 9.02. The van der Waals surface area contributed by atoms with Gasteiger partial charge in [0.15, 0.2) is 23.0 Å². The van der Waals surface area contributed by atoms with Crippen LogP contribution in [0.25, 0.3) is 10.9 Å². The second kappa shape index (κ2) is 11.2. The number of nitrogens with one attached hydrogen (secondary N) is 2. The lowest BCUT2D eigenvalue weighted by molar-refractivity contribution is 0.228. The van der Waals surface area contributed by atoms with E-state index < -0.39 is 0 Å². The van der Waals surface area contributed by atoms with E-state index in [0.717, 1.165) is 16.8 Å². The van der Waals surface area contributed by atoms with Gasteiger partial charge < -0.3 is 34.8 Å². The number of hydrogen-bond acceptors (Lipinski definition) is 8. The summed E-state index contributed by atoms with van der Waals surface area (Å²) in [5, 5.41) is 21.1. The molecule has 0 amide bonds. The normalized spacial score (nSPS) is 10.6. The number of aliphatic hydroxyl groups is 1. The number of para-hydroxylation sites is 2. The Morgan fingerprint density at radius 3 is 2.37 bits per heavy atom. The molecule has 0 atom stereocenters. The molecule has 1 heterocycles. The average Bonchev–Trinajstić information content (AvgIpc) is 2.90. The Morgan fingerprint density at radius 1 is 0.943 bits per heavy atom. The molecule has 0 aliphatic rings. The van der Waals surface area contributed by atoms with Crippen molar-refractivity contribution >= 4 is 28.5 Å². The summed E-state index contributed by atoms with van der Waals surface area (Å²) in [5.74, 6) is 3.04. The fourth-order valence-corrected chi connectivity index (χ4v) is 3.56. The van der Waals surface area contributed by atoms with Crippen LogP contribution in [0.1, 0.15) is 12.0 Å². The fourth-order valence-electron chi connectivity index (χ4n) is 3.56. The Morgan fingerprint density at radius 2 is 1.69 bits per heavy atom. The monoisotopic (exact) mass is 473 g/mol. The Balaban J connectivity index is 1.63. The van der Waals surface area contributed by atoms with Crippen LogP contribution >= 0.6 is 0 Å². The number of aliphatic hydroxyl groups excluding tert-OH is 1. The van der Waals surface area contributed by atoms with Gasteiger partial charge in [-0.05, 0) is 42.5 Å². The third-order valence-corrected chi connectivity index (χ3v) is 5.32. The van der Waals surface area contributed by atoms with Gasteiger partial charge in [-0.1, -0.05) is 12.1 Å². The molecule has 0 fully saturated rings. The van der Waals surface area contributed by atoms with E-state index in [1.165, 1.54) is 6.21 Å². The highest BCUT2D eigenvalue weighted by atomic mass is 16.5. The zero-order valence-corrected chi connectivity index (χ0v) is 19.6. The Bertz CT molecular complexity index is 1310. The average molecular weight is 474 g/mol. The quantitative estimate of drug-likeness (QED) is 0.194. The van der Waals surface area contributed by atoms with Crippen molar-refractivity contribution < 1.29 is 24.1 Å². The van der Waals surface area contributed by atoms with E-state index in [9.17, 15) is 0 Å². The van der Waals surface area contributed by atoms with Crippen molar-refractivity contribution in [2.75, 3.05) is 32.8 Å². The van der Waals surface area contributed by atoms with Crippen LogP contribution in [-0.4, -0.2) is 43.7 Å².